The molecule has 2 fully saturated rings. The predicted molar refractivity (Wildman–Crippen MR) is 46.8 cm³/mol. The minimum atomic E-state index is -0.136. The van der Waals surface area contributed by atoms with Gasteiger partial charge in [0, 0.05) is 12.6 Å². The molecule has 1 unspecified atom stereocenters. The normalized spacial score (nSPS) is 35.1. The van der Waals surface area contributed by atoms with E-state index in [4.69, 9.17) is 0 Å². The number of hydrogen-bond donors (Lipinski definition) is 2. The van der Waals surface area contributed by atoms with Crippen LogP contribution in [-0.4, -0.2) is 25.0 Å². The molecule has 3 nitrogen and oxygen atoms in total. The number of carbonyl (C=O) groups is 1. The molecule has 1 amide bonds. The van der Waals surface area contributed by atoms with Crippen LogP contribution in [0.2, 0.25) is 0 Å². The first-order valence-corrected chi connectivity index (χ1v) is 4.72. The van der Waals surface area contributed by atoms with Crippen molar-refractivity contribution in [1.29, 1.82) is 0 Å². The van der Waals surface area contributed by atoms with Gasteiger partial charge in [-0.2, -0.15) is 0 Å². The van der Waals surface area contributed by atoms with Crippen LogP contribution in [0.3, 0.4) is 0 Å². The standard InChI is InChI=1S/C9H16N2O/c1-9(4-5-10-6-9)8(12)11-7-2-3-7/h7,10H,2-6H2,1H3,(H,11,12). The van der Waals surface area contributed by atoms with Crippen molar-refractivity contribution in [3.05, 3.63) is 0 Å². The second-order valence-electron chi connectivity index (χ2n) is 4.24. The van der Waals surface area contributed by atoms with E-state index in [9.17, 15) is 4.79 Å². The van der Waals surface area contributed by atoms with E-state index in [-0.39, 0.29) is 11.3 Å². The molecule has 12 heavy (non-hydrogen) atoms. The Kier molecular flexibility index (Phi) is 1.83. The molecule has 0 radical (unpaired) electrons. The summed E-state index contributed by atoms with van der Waals surface area (Å²) in [7, 11) is 0. The van der Waals surface area contributed by atoms with Crippen molar-refractivity contribution >= 4 is 5.91 Å². The van der Waals surface area contributed by atoms with E-state index in [2.05, 4.69) is 10.6 Å². The van der Waals surface area contributed by atoms with Crippen LogP contribution in [0.1, 0.15) is 26.2 Å². The highest BCUT2D eigenvalue weighted by atomic mass is 16.2. The molecule has 68 valence electrons. The van der Waals surface area contributed by atoms with Gasteiger partial charge >= 0.3 is 0 Å². The minimum Gasteiger partial charge on any atom is -0.353 e. The number of carbonyl (C=O) groups excluding carboxylic acids is 1. The molecule has 1 atom stereocenters. The van der Waals surface area contributed by atoms with Gasteiger partial charge in [0.2, 0.25) is 5.91 Å². The predicted octanol–water partition coefficient (Wildman–Crippen LogP) is 0.265. The highest BCUT2D eigenvalue weighted by Gasteiger charge is 2.38. The summed E-state index contributed by atoms with van der Waals surface area (Å²) in [6, 6.07) is 0.495. The highest BCUT2D eigenvalue weighted by Crippen LogP contribution is 2.27. The molecule has 2 aliphatic rings. The lowest BCUT2D eigenvalue weighted by molar-refractivity contribution is -0.129. The number of nitrogens with one attached hydrogen (secondary N) is 2. The summed E-state index contributed by atoms with van der Waals surface area (Å²) in [6.07, 6.45) is 3.33. The lowest BCUT2D eigenvalue weighted by Gasteiger charge is -2.21. The van der Waals surface area contributed by atoms with Crippen LogP contribution >= 0.6 is 0 Å². The fourth-order valence-electron chi connectivity index (χ4n) is 1.60. The molecule has 0 aromatic heterocycles. The zero-order valence-corrected chi connectivity index (χ0v) is 7.52. The van der Waals surface area contributed by atoms with Crippen LogP contribution in [0.25, 0.3) is 0 Å². The Labute approximate surface area is 72.9 Å². The Morgan fingerprint density at radius 2 is 2.33 bits per heavy atom. The summed E-state index contributed by atoms with van der Waals surface area (Å²) in [5, 5.41) is 6.28. The molecule has 3 heteroatoms. The zero-order chi connectivity index (χ0) is 8.60. The molecule has 2 rings (SSSR count). The first-order valence-electron chi connectivity index (χ1n) is 4.72. The van der Waals surface area contributed by atoms with E-state index in [1.807, 2.05) is 6.92 Å². The van der Waals surface area contributed by atoms with Crippen molar-refractivity contribution in [2.45, 2.75) is 32.2 Å². The smallest absolute Gasteiger partial charge is 0.227 e. The second-order valence-corrected chi connectivity index (χ2v) is 4.24. The largest absolute Gasteiger partial charge is 0.353 e. The average Bonchev–Trinajstić information content (AvgIpc) is 2.73. The Morgan fingerprint density at radius 1 is 1.58 bits per heavy atom. The topological polar surface area (TPSA) is 41.1 Å². The lowest BCUT2D eigenvalue weighted by atomic mass is 9.89. The van der Waals surface area contributed by atoms with Crippen LogP contribution in [0.5, 0.6) is 0 Å². The van der Waals surface area contributed by atoms with Gasteiger partial charge in [0.15, 0.2) is 0 Å². The van der Waals surface area contributed by atoms with Gasteiger partial charge in [-0.3, -0.25) is 4.79 Å². The summed E-state index contributed by atoms with van der Waals surface area (Å²) in [5.74, 6) is 0.245. The summed E-state index contributed by atoms with van der Waals surface area (Å²) in [4.78, 5) is 11.7. The highest BCUT2D eigenvalue weighted by molar-refractivity contribution is 5.83. The first-order chi connectivity index (χ1) is 5.71. The summed E-state index contributed by atoms with van der Waals surface area (Å²) >= 11 is 0. The number of rotatable bonds is 2. The van der Waals surface area contributed by atoms with E-state index in [1.165, 1.54) is 12.8 Å². The maximum Gasteiger partial charge on any atom is 0.227 e. The average molecular weight is 168 g/mol. The molecular formula is C9H16N2O. The Bertz CT molecular complexity index is 193. The van der Waals surface area contributed by atoms with Crippen molar-refractivity contribution in [2.24, 2.45) is 5.41 Å². The molecule has 0 aromatic carbocycles. The van der Waals surface area contributed by atoms with Crippen molar-refractivity contribution in [1.82, 2.24) is 10.6 Å². The van der Waals surface area contributed by atoms with E-state index in [0.29, 0.717) is 6.04 Å². The number of hydrogen-bond acceptors (Lipinski definition) is 2. The zero-order valence-electron chi connectivity index (χ0n) is 7.52. The Morgan fingerprint density at radius 3 is 2.83 bits per heavy atom. The summed E-state index contributed by atoms with van der Waals surface area (Å²) in [5.41, 5.74) is -0.136. The van der Waals surface area contributed by atoms with E-state index in [0.717, 1.165) is 19.5 Å². The monoisotopic (exact) mass is 168 g/mol. The molecule has 1 saturated heterocycles. The van der Waals surface area contributed by atoms with Gasteiger partial charge in [-0.1, -0.05) is 0 Å². The number of amides is 1. The van der Waals surface area contributed by atoms with Crippen LogP contribution < -0.4 is 10.6 Å². The van der Waals surface area contributed by atoms with Crippen molar-refractivity contribution in [2.75, 3.05) is 13.1 Å². The quantitative estimate of drug-likeness (QED) is 0.621. The van der Waals surface area contributed by atoms with Crippen LogP contribution in [0.4, 0.5) is 0 Å². The summed E-state index contributed by atoms with van der Waals surface area (Å²) < 4.78 is 0. The fourth-order valence-corrected chi connectivity index (χ4v) is 1.60. The molecule has 1 heterocycles. The molecular weight excluding hydrogens is 152 g/mol. The molecule has 2 N–H and O–H groups in total. The Balaban J connectivity index is 1.91. The third kappa shape index (κ3) is 1.46. The van der Waals surface area contributed by atoms with E-state index < -0.39 is 0 Å². The molecule has 1 saturated carbocycles. The van der Waals surface area contributed by atoms with E-state index >= 15 is 0 Å². The lowest BCUT2D eigenvalue weighted by Crippen LogP contribution is -2.41. The molecule has 0 bridgehead atoms. The first kappa shape index (κ1) is 8.05. The second kappa shape index (κ2) is 2.73. The Hall–Kier alpha value is -0.570. The van der Waals surface area contributed by atoms with E-state index in [1.54, 1.807) is 0 Å². The maximum absolute atomic E-state index is 11.7. The molecule has 1 aliphatic carbocycles. The third-order valence-corrected chi connectivity index (χ3v) is 2.83. The third-order valence-electron chi connectivity index (χ3n) is 2.83. The van der Waals surface area contributed by atoms with Crippen LogP contribution in [0.15, 0.2) is 0 Å². The van der Waals surface area contributed by atoms with Gasteiger partial charge in [0.25, 0.3) is 0 Å². The van der Waals surface area contributed by atoms with Gasteiger partial charge in [-0.15, -0.1) is 0 Å². The van der Waals surface area contributed by atoms with Gasteiger partial charge in [-0.05, 0) is 32.7 Å². The van der Waals surface area contributed by atoms with Crippen LogP contribution in [-0.2, 0) is 4.79 Å². The molecule has 0 spiro atoms. The van der Waals surface area contributed by atoms with Gasteiger partial charge in [-0.25, -0.2) is 0 Å². The van der Waals surface area contributed by atoms with Crippen molar-refractivity contribution < 1.29 is 4.79 Å². The van der Waals surface area contributed by atoms with Gasteiger partial charge < -0.3 is 10.6 Å². The van der Waals surface area contributed by atoms with Gasteiger partial charge in [0.05, 0.1) is 5.41 Å². The fraction of sp³-hybridized carbons (Fsp3) is 0.889. The minimum absolute atomic E-state index is 0.136. The van der Waals surface area contributed by atoms with Crippen molar-refractivity contribution in [3.8, 4) is 0 Å². The van der Waals surface area contributed by atoms with Crippen molar-refractivity contribution in [3.63, 3.8) is 0 Å². The SMILES string of the molecule is CC1(C(=O)NC2CC2)CCNC1. The molecule has 1 aliphatic heterocycles. The molecule has 0 aromatic rings. The summed E-state index contributed by atoms with van der Waals surface area (Å²) in [6.45, 7) is 3.87. The van der Waals surface area contributed by atoms with Gasteiger partial charge in [0.1, 0.15) is 0 Å². The van der Waals surface area contributed by atoms with Crippen LogP contribution in [0, 0.1) is 5.41 Å². The maximum atomic E-state index is 11.7.